The fourth-order valence-electron chi connectivity index (χ4n) is 10.5. The summed E-state index contributed by atoms with van der Waals surface area (Å²) in [4.78, 5) is 14.9. The molecule has 5 heteroatoms. The molecule has 4 saturated carbocycles. The molecule has 5 aliphatic rings. The summed E-state index contributed by atoms with van der Waals surface area (Å²) in [7, 11) is 0. The van der Waals surface area contributed by atoms with Crippen LogP contribution >= 0.6 is 0 Å². The highest BCUT2D eigenvalue weighted by Gasteiger charge is 2.62. The minimum Gasteiger partial charge on any atom is -0.393 e. The highest BCUT2D eigenvalue weighted by atomic mass is 19.1. The van der Waals surface area contributed by atoms with Gasteiger partial charge in [-0.3, -0.25) is 4.79 Å². The van der Waals surface area contributed by atoms with Gasteiger partial charge in [-0.15, -0.1) is 0 Å². The summed E-state index contributed by atoms with van der Waals surface area (Å²) >= 11 is 0. The molecule has 4 fully saturated rings. The molecule has 0 spiro atoms. The zero-order valence-electron chi connectivity index (χ0n) is 23.0. The van der Waals surface area contributed by atoms with Gasteiger partial charge in [-0.05, 0) is 122 Å². The summed E-state index contributed by atoms with van der Waals surface area (Å²) in [5.74, 6) is 2.71. The molecule has 0 saturated heterocycles. The van der Waals surface area contributed by atoms with Crippen molar-refractivity contribution in [3.8, 4) is 0 Å². The third kappa shape index (κ3) is 4.01. The van der Waals surface area contributed by atoms with Crippen LogP contribution in [0.15, 0.2) is 18.2 Å². The molecule has 0 radical (unpaired) electrons. The van der Waals surface area contributed by atoms with Gasteiger partial charge in [-0.1, -0.05) is 32.9 Å². The molecule has 0 bridgehead atoms. The Labute approximate surface area is 222 Å². The molecule has 1 heterocycles. The second kappa shape index (κ2) is 9.33. The van der Waals surface area contributed by atoms with Gasteiger partial charge in [0.1, 0.15) is 5.82 Å². The van der Waals surface area contributed by atoms with E-state index in [0.29, 0.717) is 54.2 Å². The maximum absolute atomic E-state index is 14.5. The Morgan fingerprint density at radius 3 is 2.65 bits per heavy atom. The quantitative estimate of drug-likeness (QED) is 0.512. The van der Waals surface area contributed by atoms with Gasteiger partial charge < -0.3 is 15.1 Å². The normalized spacial score (nSPS) is 43.5. The lowest BCUT2D eigenvalue weighted by Gasteiger charge is -2.62. The second-order valence-electron chi connectivity index (χ2n) is 14.0. The van der Waals surface area contributed by atoms with Crippen LogP contribution in [-0.2, 0) is 11.2 Å². The largest absolute Gasteiger partial charge is 0.393 e. The number of aliphatic hydroxyl groups is 2. The summed E-state index contributed by atoms with van der Waals surface area (Å²) in [6.07, 6.45) is 10.1. The van der Waals surface area contributed by atoms with Crippen LogP contribution in [-0.4, -0.2) is 34.9 Å². The molecule has 37 heavy (non-hydrogen) atoms. The number of rotatable bonds is 4. The third-order valence-electron chi connectivity index (χ3n) is 12.5. The number of amides is 1. The van der Waals surface area contributed by atoms with E-state index in [1.54, 1.807) is 11.0 Å². The molecule has 1 amide bonds. The zero-order chi connectivity index (χ0) is 26.1. The Kier molecular flexibility index (Phi) is 6.50. The first-order valence-electron chi connectivity index (χ1n) is 15.1. The Bertz CT molecular complexity index is 1040. The van der Waals surface area contributed by atoms with Gasteiger partial charge in [0, 0.05) is 13.0 Å². The van der Waals surface area contributed by atoms with E-state index in [1.807, 2.05) is 6.07 Å². The SMILES string of the molecule is C[C@H](CCC(=O)N1CCc2cccc(F)c21)[C@H]1CC[C@H]2[C@@H]3[C@@H](O)C[C@@H]4C[C@H](O)CC[C@]4(C)[C@H]3CC[C@]12C. The molecule has 204 valence electrons. The number of benzene rings is 1. The molecular weight excluding hydrogens is 465 g/mol. The van der Waals surface area contributed by atoms with E-state index in [1.165, 1.54) is 31.7 Å². The monoisotopic (exact) mass is 511 g/mol. The maximum Gasteiger partial charge on any atom is 0.227 e. The van der Waals surface area contributed by atoms with Crippen LogP contribution in [0.4, 0.5) is 10.1 Å². The first-order chi connectivity index (χ1) is 17.6. The summed E-state index contributed by atoms with van der Waals surface area (Å²) in [5, 5.41) is 21.8. The first kappa shape index (κ1) is 25.8. The number of hydrogen-bond donors (Lipinski definition) is 2. The highest BCUT2D eigenvalue weighted by molar-refractivity contribution is 5.95. The molecule has 1 aliphatic heterocycles. The van der Waals surface area contributed by atoms with E-state index in [-0.39, 0.29) is 34.8 Å². The molecule has 1 aromatic rings. The molecule has 0 aromatic heterocycles. The average molecular weight is 512 g/mol. The van der Waals surface area contributed by atoms with Crippen molar-refractivity contribution in [3.63, 3.8) is 0 Å². The lowest BCUT2D eigenvalue weighted by atomic mass is 9.43. The van der Waals surface area contributed by atoms with Crippen LogP contribution in [0.5, 0.6) is 0 Å². The zero-order valence-corrected chi connectivity index (χ0v) is 23.0. The molecule has 1 aromatic carbocycles. The Balaban J connectivity index is 1.14. The fourth-order valence-corrected chi connectivity index (χ4v) is 10.5. The Morgan fingerprint density at radius 1 is 1.08 bits per heavy atom. The van der Waals surface area contributed by atoms with Crippen LogP contribution in [0.25, 0.3) is 0 Å². The number of nitrogens with zero attached hydrogens (tertiary/aromatic N) is 1. The highest BCUT2D eigenvalue weighted by Crippen LogP contribution is 2.68. The topological polar surface area (TPSA) is 60.8 Å². The fraction of sp³-hybridized carbons (Fsp3) is 0.781. The van der Waals surface area contributed by atoms with Crippen LogP contribution in [0.3, 0.4) is 0 Å². The predicted octanol–water partition coefficient (Wildman–Crippen LogP) is 6.12. The van der Waals surface area contributed by atoms with Crippen molar-refractivity contribution >= 4 is 11.6 Å². The van der Waals surface area contributed by atoms with Gasteiger partial charge in [-0.25, -0.2) is 4.39 Å². The van der Waals surface area contributed by atoms with E-state index in [0.717, 1.165) is 44.1 Å². The van der Waals surface area contributed by atoms with Crippen LogP contribution < -0.4 is 4.90 Å². The number of anilines is 1. The molecule has 4 nitrogen and oxygen atoms in total. The maximum atomic E-state index is 14.5. The minimum atomic E-state index is -0.284. The molecule has 2 N–H and O–H groups in total. The summed E-state index contributed by atoms with van der Waals surface area (Å²) in [5.41, 5.74) is 1.91. The lowest BCUT2D eigenvalue weighted by Crippen LogP contribution is -2.58. The van der Waals surface area contributed by atoms with Crippen LogP contribution in [0.2, 0.25) is 0 Å². The summed E-state index contributed by atoms with van der Waals surface area (Å²) < 4.78 is 14.5. The average Bonchev–Trinajstić information content (AvgIpc) is 3.45. The summed E-state index contributed by atoms with van der Waals surface area (Å²) in [6, 6.07) is 5.13. The molecule has 4 aliphatic carbocycles. The number of carbonyl (C=O) groups is 1. The van der Waals surface area contributed by atoms with Gasteiger partial charge >= 0.3 is 0 Å². The van der Waals surface area contributed by atoms with Gasteiger partial charge in [0.05, 0.1) is 17.9 Å². The molecular formula is C32H46FNO3. The molecule has 0 unspecified atom stereocenters. The van der Waals surface area contributed by atoms with E-state index >= 15 is 0 Å². The number of carbonyl (C=O) groups excluding carboxylic acids is 1. The number of hydrogen-bond acceptors (Lipinski definition) is 3. The standard InChI is InChI=1S/C32H46FNO3/c1-19(7-10-28(37)34-16-13-20-5-4-6-26(33)30(20)34)23-8-9-24-29-25(12-15-32(23,24)3)31(2)14-11-22(35)17-21(31)18-27(29)36/h4-6,19,21-25,27,29,35-36H,7-18H2,1-3H3/t19-,21+,22-,23-,24+,25+,27+,29+,31+,32-/m1/s1. The van der Waals surface area contributed by atoms with Gasteiger partial charge in [0.15, 0.2) is 0 Å². The smallest absolute Gasteiger partial charge is 0.227 e. The van der Waals surface area contributed by atoms with E-state index in [9.17, 15) is 19.4 Å². The van der Waals surface area contributed by atoms with Gasteiger partial charge in [0.2, 0.25) is 5.91 Å². The Hall–Kier alpha value is -1.46. The number of fused-ring (bicyclic) bond motifs is 6. The number of aliphatic hydroxyl groups excluding tert-OH is 2. The molecule has 6 rings (SSSR count). The van der Waals surface area contributed by atoms with E-state index < -0.39 is 0 Å². The minimum absolute atomic E-state index is 0.0558. The predicted molar refractivity (Wildman–Crippen MR) is 143 cm³/mol. The van der Waals surface area contributed by atoms with Gasteiger partial charge in [-0.2, -0.15) is 0 Å². The second-order valence-corrected chi connectivity index (χ2v) is 14.0. The number of halogens is 1. The third-order valence-corrected chi connectivity index (χ3v) is 12.5. The van der Waals surface area contributed by atoms with Crippen molar-refractivity contribution in [2.75, 3.05) is 11.4 Å². The van der Waals surface area contributed by atoms with Crippen LogP contribution in [0, 0.1) is 52.2 Å². The van der Waals surface area contributed by atoms with Gasteiger partial charge in [0.25, 0.3) is 0 Å². The van der Waals surface area contributed by atoms with Crippen molar-refractivity contribution in [1.29, 1.82) is 0 Å². The van der Waals surface area contributed by atoms with Crippen molar-refractivity contribution in [2.45, 2.75) is 104 Å². The lowest BCUT2D eigenvalue weighted by molar-refractivity contribution is -0.174. The van der Waals surface area contributed by atoms with E-state index in [4.69, 9.17) is 0 Å². The van der Waals surface area contributed by atoms with Crippen molar-refractivity contribution < 1.29 is 19.4 Å². The van der Waals surface area contributed by atoms with Crippen molar-refractivity contribution in [3.05, 3.63) is 29.6 Å². The van der Waals surface area contributed by atoms with Crippen molar-refractivity contribution in [1.82, 2.24) is 0 Å². The summed E-state index contributed by atoms with van der Waals surface area (Å²) in [6.45, 7) is 7.87. The first-order valence-corrected chi connectivity index (χ1v) is 15.1. The van der Waals surface area contributed by atoms with Crippen LogP contribution in [0.1, 0.15) is 90.5 Å². The molecule has 10 atom stereocenters. The van der Waals surface area contributed by atoms with Crippen molar-refractivity contribution in [2.24, 2.45) is 46.3 Å². The Morgan fingerprint density at radius 2 is 1.84 bits per heavy atom. The number of para-hydroxylation sites is 1. The van der Waals surface area contributed by atoms with E-state index in [2.05, 4.69) is 20.8 Å².